The molecule has 15 heteroatoms. The van der Waals surface area contributed by atoms with Crippen molar-refractivity contribution in [2.24, 2.45) is 0 Å². The summed E-state index contributed by atoms with van der Waals surface area (Å²) in [5.41, 5.74) is -0.587. The zero-order valence-corrected chi connectivity index (χ0v) is 23.5. The Morgan fingerprint density at radius 2 is 1.76 bits per heavy atom. The lowest BCUT2D eigenvalue weighted by atomic mass is 10.1. The summed E-state index contributed by atoms with van der Waals surface area (Å²) < 4.78 is 42.3. The number of nitrogens with zero attached hydrogens (tertiary/aromatic N) is 4. The summed E-state index contributed by atoms with van der Waals surface area (Å²) in [4.78, 5) is 36.1. The van der Waals surface area contributed by atoms with Gasteiger partial charge in [0.25, 0.3) is 11.6 Å². The van der Waals surface area contributed by atoms with Crippen molar-refractivity contribution in [2.75, 3.05) is 11.1 Å². The second-order valence-corrected chi connectivity index (χ2v) is 10.3. The summed E-state index contributed by atoms with van der Waals surface area (Å²) in [7, 11) is 0. The van der Waals surface area contributed by atoms with Crippen LogP contribution >= 0.6 is 27.7 Å². The van der Waals surface area contributed by atoms with Gasteiger partial charge in [0.1, 0.15) is 0 Å². The second kappa shape index (κ2) is 12.5. The van der Waals surface area contributed by atoms with E-state index in [9.17, 15) is 32.9 Å². The van der Waals surface area contributed by atoms with Crippen molar-refractivity contribution < 1.29 is 27.7 Å². The third kappa shape index (κ3) is 7.10. The van der Waals surface area contributed by atoms with Gasteiger partial charge in [0.2, 0.25) is 5.91 Å². The normalized spacial score (nSPS) is 11.2. The number of rotatable bonds is 9. The van der Waals surface area contributed by atoms with Gasteiger partial charge >= 0.3 is 6.18 Å². The molecule has 0 radical (unpaired) electrons. The summed E-state index contributed by atoms with van der Waals surface area (Å²) in [5, 5.41) is 24.7. The van der Waals surface area contributed by atoms with E-state index in [4.69, 9.17) is 0 Å². The number of halogens is 4. The Bertz CT molecular complexity index is 1610. The Hall–Kier alpha value is -4.24. The van der Waals surface area contributed by atoms with Crippen LogP contribution in [0.5, 0.6) is 0 Å². The first-order valence-corrected chi connectivity index (χ1v) is 13.5. The number of nitro groups is 1. The lowest BCUT2D eigenvalue weighted by Gasteiger charge is -2.14. The number of hydrogen-bond donors (Lipinski definition) is 2. The van der Waals surface area contributed by atoms with Gasteiger partial charge in [0.05, 0.1) is 28.5 Å². The molecule has 3 aromatic carbocycles. The van der Waals surface area contributed by atoms with Crippen molar-refractivity contribution >= 4 is 50.9 Å². The number of amides is 2. The van der Waals surface area contributed by atoms with E-state index >= 15 is 0 Å². The predicted molar refractivity (Wildman–Crippen MR) is 149 cm³/mol. The molecule has 0 saturated carbocycles. The molecule has 4 aromatic rings. The van der Waals surface area contributed by atoms with Gasteiger partial charge in [-0.15, -0.1) is 10.2 Å². The molecule has 10 nitrogen and oxygen atoms in total. The van der Waals surface area contributed by atoms with Crippen LogP contribution < -0.4 is 10.6 Å². The van der Waals surface area contributed by atoms with Crippen molar-refractivity contribution in [1.82, 2.24) is 20.1 Å². The van der Waals surface area contributed by atoms with Gasteiger partial charge in [-0.25, -0.2) is 0 Å². The van der Waals surface area contributed by atoms with E-state index in [0.717, 1.165) is 22.3 Å². The molecule has 0 aliphatic rings. The van der Waals surface area contributed by atoms with Gasteiger partial charge in [-0.05, 0) is 49.4 Å². The Kier molecular flexibility index (Phi) is 9.08. The lowest BCUT2D eigenvalue weighted by Crippen LogP contribution is -2.25. The molecule has 4 rings (SSSR count). The van der Waals surface area contributed by atoms with E-state index in [2.05, 4.69) is 36.8 Å². The molecule has 0 saturated heterocycles. The third-order valence-electron chi connectivity index (χ3n) is 5.78. The number of thioether (sulfide) groups is 1. The fraction of sp³-hybridized carbons (Fsp3) is 0.154. The fourth-order valence-electron chi connectivity index (χ4n) is 3.84. The van der Waals surface area contributed by atoms with Crippen molar-refractivity contribution in [1.29, 1.82) is 0 Å². The highest BCUT2D eigenvalue weighted by Crippen LogP contribution is 2.34. The Morgan fingerprint density at radius 1 is 1.05 bits per heavy atom. The number of para-hydroxylation sites is 1. The SMILES string of the molecule is Cc1c(C(=O)NCc2nnc(SCC(=O)Nc3ccccc3C(F)(F)F)n2-c2ccc(Br)cc2)cccc1[N+](=O)[O-]. The topological polar surface area (TPSA) is 132 Å². The quantitative estimate of drug-likeness (QED) is 0.131. The van der Waals surface area contributed by atoms with E-state index < -0.39 is 28.5 Å². The number of hydrogen-bond acceptors (Lipinski definition) is 7. The van der Waals surface area contributed by atoms with E-state index in [1.165, 1.54) is 43.3 Å². The molecule has 0 bridgehead atoms. The maximum atomic E-state index is 13.3. The van der Waals surface area contributed by atoms with E-state index in [-0.39, 0.29) is 45.8 Å². The zero-order chi connectivity index (χ0) is 29.7. The van der Waals surface area contributed by atoms with Gasteiger partial charge in [-0.2, -0.15) is 13.2 Å². The summed E-state index contributed by atoms with van der Waals surface area (Å²) in [6.45, 7) is 1.36. The molecule has 0 aliphatic carbocycles. The molecule has 2 N–H and O–H groups in total. The Morgan fingerprint density at radius 3 is 2.44 bits per heavy atom. The van der Waals surface area contributed by atoms with Crippen LogP contribution in [0.3, 0.4) is 0 Å². The highest BCUT2D eigenvalue weighted by molar-refractivity contribution is 9.10. The smallest absolute Gasteiger partial charge is 0.345 e. The number of carbonyl (C=O) groups excluding carboxylic acids is 2. The van der Waals surface area contributed by atoms with Crippen LogP contribution in [0.15, 0.2) is 76.4 Å². The zero-order valence-electron chi connectivity index (χ0n) is 21.1. The summed E-state index contributed by atoms with van der Waals surface area (Å²) >= 11 is 4.30. The lowest BCUT2D eigenvalue weighted by molar-refractivity contribution is -0.385. The average molecular weight is 649 g/mol. The van der Waals surface area contributed by atoms with Gasteiger partial charge in [0, 0.05) is 27.4 Å². The van der Waals surface area contributed by atoms with E-state index in [1.807, 2.05) is 0 Å². The molecule has 0 spiro atoms. The van der Waals surface area contributed by atoms with Crippen LogP contribution in [-0.4, -0.2) is 37.3 Å². The number of carbonyl (C=O) groups is 2. The largest absolute Gasteiger partial charge is 0.418 e. The number of nitrogens with one attached hydrogen (secondary N) is 2. The third-order valence-corrected chi connectivity index (χ3v) is 7.24. The highest BCUT2D eigenvalue weighted by atomic mass is 79.9. The maximum Gasteiger partial charge on any atom is 0.418 e. The van der Waals surface area contributed by atoms with Gasteiger partial charge in [0.15, 0.2) is 11.0 Å². The standard InChI is InChI=1S/C26H20BrF3N6O4S/c1-15-18(5-4-8-21(15)36(39)40)24(38)31-13-22-33-34-25(35(22)17-11-9-16(27)10-12-17)41-14-23(37)32-20-7-3-2-6-19(20)26(28,29)30/h2-12H,13-14H2,1H3,(H,31,38)(H,32,37). The molecular formula is C26H20BrF3N6O4S. The van der Waals surface area contributed by atoms with Gasteiger partial charge in [-0.1, -0.05) is 45.9 Å². The van der Waals surface area contributed by atoms with Crippen molar-refractivity contribution in [2.45, 2.75) is 24.8 Å². The highest BCUT2D eigenvalue weighted by Gasteiger charge is 2.33. The molecule has 0 atom stereocenters. The molecule has 1 heterocycles. The molecule has 0 unspecified atom stereocenters. The van der Waals surface area contributed by atoms with Gasteiger partial charge in [-0.3, -0.25) is 24.3 Å². The Labute approximate surface area is 243 Å². The number of alkyl halides is 3. The molecule has 212 valence electrons. The fourth-order valence-corrected chi connectivity index (χ4v) is 4.87. The molecule has 41 heavy (non-hydrogen) atoms. The van der Waals surface area contributed by atoms with Crippen molar-refractivity contribution in [3.8, 4) is 5.69 Å². The van der Waals surface area contributed by atoms with Crippen LogP contribution in [-0.2, 0) is 17.5 Å². The molecule has 0 aliphatic heterocycles. The van der Waals surface area contributed by atoms with Crippen LogP contribution in [0, 0.1) is 17.0 Å². The molecule has 2 amide bonds. The van der Waals surface area contributed by atoms with Crippen molar-refractivity contribution in [3.63, 3.8) is 0 Å². The second-order valence-electron chi connectivity index (χ2n) is 8.48. The molecule has 1 aromatic heterocycles. The van der Waals surface area contributed by atoms with Gasteiger partial charge < -0.3 is 10.6 Å². The van der Waals surface area contributed by atoms with Crippen molar-refractivity contribution in [3.05, 3.63) is 104 Å². The molecular weight excluding hydrogens is 629 g/mol. The first kappa shape index (κ1) is 29.7. The maximum absolute atomic E-state index is 13.3. The number of benzene rings is 3. The number of nitro benzene ring substituents is 1. The minimum Gasteiger partial charge on any atom is -0.345 e. The number of aromatic nitrogens is 3. The van der Waals surface area contributed by atoms with Crippen LogP contribution in [0.1, 0.15) is 27.3 Å². The van der Waals surface area contributed by atoms with E-state index in [1.54, 1.807) is 28.8 Å². The number of anilines is 1. The minimum atomic E-state index is -4.64. The molecule has 0 fully saturated rings. The Balaban J connectivity index is 1.53. The monoisotopic (exact) mass is 648 g/mol. The average Bonchev–Trinajstić information content (AvgIpc) is 3.33. The minimum absolute atomic E-state index is 0.115. The van der Waals surface area contributed by atoms with Crippen LogP contribution in [0.4, 0.5) is 24.5 Å². The first-order chi connectivity index (χ1) is 19.5. The van der Waals surface area contributed by atoms with Crippen LogP contribution in [0.2, 0.25) is 0 Å². The van der Waals surface area contributed by atoms with Crippen LogP contribution in [0.25, 0.3) is 5.69 Å². The predicted octanol–water partition coefficient (Wildman–Crippen LogP) is 5.93. The first-order valence-electron chi connectivity index (χ1n) is 11.8. The summed E-state index contributed by atoms with van der Waals surface area (Å²) in [6, 6.07) is 15.9. The van der Waals surface area contributed by atoms with E-state index in [0.29, 0.717) is 5.69 Å². The summed E-state index contributed by atoms with van der Waals surface area (Å²) in [5.74, 6) is -1.24. The summed E-state index contributed by atoms with van der Waals surface area (Å²) in [6.07, 6.45) is -4.64.